The molecule has 0 bridgehead atoms. The van der Waals surface area contributed by atoms with E-state index >= 15 is 0 Å². The molecule has 6 nitrogen and oxygen atoms in total. The van der Waals surface area contributed by atoms with Crippen LogP contribution in [-0.4, -0.2) is 23.3 Å². The number of hydrogen-bond acceptors (Lipinski definition) is 4. The summed E-state index contributed by atoms with van der Waals surface area (Å²) in [6.45, 7) is 0. The lowest BCUT2D eigenvalue weighted by atomic mass is 10.2. The molecule has 0 unspecified atom stereocenters. The minimum Gasteiger partial charge on any atom is -0.319 e. The van der Waals surface area contributed by atoms with E-state index in [4.69, 9.17) is 0 Å². The predicted molar refractivity (Wildman–Crippen MR) is 91.2 cm³/mol. The van der Waals surface area contributed by atoms with Gasteiger partial charge in [-0.25, -0.2) is 8.36 Å². The van der Waals surface area contributed by atoms with Crippen molar-refractivity contribution in [2.24, 2.45) is 0 Å². The third-order valence-electron chi connectivity index (χ3n) is 3.61. The number of benzene rings is 1. The van der Waals surface area contributed by atoms with E-state index in [1.165, 1.54) is 18.3 Å². The Morgan fingerprint density at radius 2 is 1.78 bits per heavy atom. The summed E-state index contributed by atoms with van der Waals surface area (Å²) in [6, 6.07) is 9.44. The monoisotopic (exact) mass is 395 g/mol. The topological polar surface area (TPSA) is 81.1 Å². The molecule has 140 valence electrons. The Hall–Kier alpha value is -3.14. The van der Waals surface area contributed by atoms with E-state index in [-0.39, 0.29) is 15.4 Å². The highest BCUT2D eigenvalue weighted by Crippen LogP contribution is 2.37. The maximum absolute atomic E-state index is 14.5. The molecule has 3 rings (SSSR count). The number of alkyl halides is 2. The Kier molecular flexibility index (Phi) is 4.75. The summed E-state index contributed by atoms with van der Waals surface area (Å²) in [5, 5.41) is -2.17. The predicted octanol–water partition coefficient (Wildman–Crippen LogP) is 3.20. The van der Waals surface area contributed by atoms with Gasteiger partial charge in [0.25, 0.3) is 5.91 Å². The van der Waals surface area contributed by atoms with Gasteiger partial charge in [0.15, 0.2) is 0 Å². The summed E-state index contributed by atoms with van der Waals surface area (Å²) in [6.07, 6.45) is 3.02. The van der Waals surface area contributed by atoms with Gasteiger partial charge in [-0.15, -0.1) is 0 Å². The average Bonchev–Trinajstić information content (AvgIpc) is 3.11. The van der Waals surface area contributed by atoms with Crippen molar-refractivity contribution in [3.8, 4) is 0 Å². The molecule has 0 aliphatic carbocycles. The summed E-state index contributed by atoms with van der Waals surface area (Å²) in [5.41, 5.74) is -1.25. The molecule has 0 radical (unpaired) electrons. The lowest BCUT2D eigenvalue weighted by Gasteiger charge is -2.18. The van der Waals surface area contributed by atoms with Crippen LogP contribution >= 0.6 is 0 Å². The van der Waals surface area contributed by atoms with Crippen LogP contribution in [0.15, 0.2) is 67.1 Å². The number of amides is 1. The van der Waals surface area contributed by atoms with Crippen LogP contribution in [0.5, 0.6) is 0 Å². The molecule has 0 aliphatic heterocycles. The number of nitrogens with zero attached hydrogens (tertiary/aromatic N) is 2. The fraction of sp³-hybridized carbons (Fsp3) is 0.0588. The molecule has 2 aromatic heterocycles. The molecule has 0 atom stereocenters. The van der Waals surface area contributed by atoms with E-state index in [0.29, 0.717) is 6.07 Å². The van der Waals surface area contributed by atoms with Gasteiger partial charge in [-0.3, -0.25) is 9.78 Å². The van der Waals surface area contributed by atoms with Crippen LogP contribution in [-0.2, 0) is 15.3 Å². The van der Waals surface area contributed by atoms with E-state index in [0.717, 1.165) is 30.6 Å². The Morgan fingerprint density at radius 3 is 2.44 bits per heavy atom. The number of carbonyl (C=O) groups excluding carboxylic acids is 1. The summed E-state index contributed by atoms with van der Waals surface area (Å²) in [4.78, 5) is 15.8. The molecule has 0 spiro atoms. The third kappa shape index (κ3) is 3.43. The van der Waals surface area contributed by atoms with Crippen LogP contribution in [0.25, 0.3) is 0 Å². The number of pyridine rings is 1. The van der Waals surface area contributed by atoms with Gasteiger partial charge in [-0.2, -0.15) is 17.2 Å². The first kappa shape index (κ1) is 18.6. The molecule has 0 aliphatic rings. The van der Waals surface area contributed by atoms with Crippen molar-refractivity contribution in [2.45, 2.75) is 5.25 Å². The molecule has 2 heterocycles. The van der Waals surface area contributed by atoms with Crippen LogP contribution in [0.1, 0.15) is 16.1 Å². The molecule has 1 amide bonds. The van der Waals surface area contributed by atoms with Crippen LogP contribution in [0.2, 0.25) is 0 Å². The van der Waals surface area contributed by atoms with Crippen LogP contribution in [0.3, 0.4) is 0 Å². The smallest absolute Gasteiger partial charge is 0.319 e. The van der Waals surface area contributed by atoms with Crippen LogP contribution < -0.4 is 5.32 Å². The molecular weight excluding hydrogens is 383 g/mol. The number of rotatable bonds is 5. The summed E-state index contributed by atoms with van der Waals surface area (Å²) in [7, 11) is -5.32. The first-order chi connectivity index (χ1) is 12.7. The fourth-order valence-electron chi connectivity index (χ4n) is 2.26. The van der Waals surface area contributed by atoms with Crippen molar-refractivity contribution in [1.82, 2.24) is 8.96 Å². The van der Waals surface area contributed by atoms with E-state index < -0.39 is 32.6 Å². The van der Waals surface area contributed by atoms with Gasteiger partial charge in [0.2, 0.25) is 0 Å². The molecule has 1 aromatic carbocycles. The molecule has 0 saturated carbocycles. The van der Waals surface area contributed by atoms with Crippen molar-refractivity contribution >= 4 is 21.6 Å². The Balaban J connectivity index is 1.89. The van der Waals surface area contributed by atoms with Crippen molar-refractivity contribution in [1.29, 1.82) is 0 Å². The second kappa shape index (κ2) is 6.88. The maximum atomic E-state index is 14.5. The van der Waals surface area contributed by atoms with Crippen LogP contribution in [0.4, 0.5) is 18.9 Å². The quantitative estimate of drug-likeness (QED) is 0.719. The van der Waals surface area contributed by atoms with Gasteiger partial charge < -0.3 is 5.32 Å². The summed E-state index contributed by atoms with van der Waals surface area (Å²) < 4.78 is 67.4. The SMILES string of the molecule is O=C(Nc1ccn(S(=O)(=O)C(F)(F)c2ccccc2F)c1)c1ccccn1. The van der Waals surface area contributed by atoms with Crippen molar-refractivity contribution in [2.75, 3.05) is 5.32 Å². The highest BCUT2D eigenvalue weighted by molar-refractivity contribution is 7.90. The first-order valence-corrected chi connectivity index (χ1v) is 8.96. The number of hydrogen-bond donors (Lipinski definition) is 1. The zero-order valence-electron chi connectivity index (χ0n) is 13.5. The minimum atomic E-state index is -5.32. The third-order valence-corrected chi connectivity index (χ3v) is 5.26. The molecule has 10 heteroatoms. The first-order valence-electron chi connectivity index (χ1n) is 7.52. The van der Waals surface area contributed by atoms with Gasteiger partial charge in [0.1, 0.15) is 11.5 Å². The number of halogens is 3. The lowest BCUT2D eigenvalue weighted by molar-refractivity contribution is 0.0848. The molecule has 1 N–H and O–H groups in total. The largest absolute Gasteiger partial charge is 0.392 e. The van der Waals surface area contributed by atoms with Gasteiger partial charge in [0, 0.05) is 18.6 Å². The standard InChI is InChI=1S/C17H12F3N3O3S/c18-14-6-2-1-5-13(14)17(19,20)27(25,26)23-10-8-12(11-23)22-16(24)15-7-3-4-9-21-15/h1-11H,(H,22,24). The second-order valence-electron chi connectivity index (χ2n) is 5.40. The van der Waals surface area contributed by atoms with E-state index in [2.05, 4.69) is 10.3 Å². The number of anilines is 1. The highest BCUT2D eigenvalue weighted by Gasteiger charge is 2.49. The van der Waals surface area contributed by atoms with Crippen LogP contribution in [0, 0.1) is 5.82 Å². The highest BCUT2D eigenvalue weighted by atomic mass is 32.2. The minimum absolute atomic E-state index is 0.0430. The molecular formula is C17H12F3N3O3S. The molecule has 27 heavy (non-hydrogen) atoms. The Morgan fingerprint density at radius 1 is 1.07 bits per heavy atom. The Bertz CT molecular complexity index is 1080. The number of carbonyl (C=O) groups is 1. The van der Waals surface area contributed by atoms with Crippen molar-refractivity contribution in [3.05, 3.63) is 84.2 Å². The van der Waals surface area contributed by atoms with E-state index in [1.807, 2.05) is 0 Å². The second-order valence-corrected chi connectivity index (χ2v) is 7.29. The van der Waals surface area contributed by atoms with E-state index in [1.54, 1.807) is 12.1 Å². The zero-order valence-corrected chi connectivity index (χ0v) is 14.3. The molecule has 0 saturated heterocycles. The van der Waals surface area contributed by atoms with Crippen molar-refractivity contribution in [3.63, 3.8) is 0 Å². The van der Waals surface area contributed by atoms with Gasteiger partial charge in [-0.05, 0) is 30.3 Å². The van der Waals surface area contributed by atoms with Gasteiger partial charge >= 0.3 is 15.3 Å². The number of aromatic nitrogens is 2. The van der Waals surface area contributed by atoms with Crippen molar-refractivity contribution < 1.29 is 26.4 Å². The number of nitrogens with one attached hydrogen (secondary N) is 1. The zero-order chi connectivity index (χ0) is 19.7. The average molecular weight is 395 g/mol. The Labute approximate surface area is 152 Å². The fourth-order valence-corrected chi connectivity index (χ4v) is 3.44. The molecule has 0 fully saturated rings. The van der Waals surface area contributed by atoms with Gasteiger partial charge in [-0.1, -0.05) is 18.2 Å². The normalized spacial score (nSPS) is 12.0. The lowest BCUT2D eigenvalue weighted by Crippen LogP contribution is -2.32. The van der Waals surface area contributed by atoms with Gasteiger partial charge in [0.05, 0.1) is 11.3 Å². The maximum Gasteiger partial charge on any atom is 0.392 e. The van der Waals surface area contributed by atoms with E-state index in [9.17, 15) is 26.4 Å². The summed E-state index contributed by atoms with van der Waals surface area (Å²) in [5.74, 6) is -1.99. The summed E-state index contributed by atoms with van der Waals surface area (Å²) >= 11 is 0. The molecule has 3 aromatic rings.